The third-order valence-electron chi connectivity index (χ3n) is 2.68. The van der Waals surface area contributed by atoms with Crippen LogP contribution in [0.5, 0.6) is 0 Å². The monoisotopic (exact) mass is 253 g/mol. The van der Waals surface area contributed by atoms with E-state index in [2.05, 4.69) is 29.2 Å². The molecule has 6 heteroatoms. The van der Waals surface area contributed by atoms with E-state index >= 15 is 0 Å². The van der Waals surface area contributed by atoms with Crippen LogP contribution in [-0.4, -0.2) is 47.3 Å². The summed E-state index contributed by atoms with van der Waals surface area (Å²) in [6.07, 6.45) is 1.70. The minimum atomic E-state index is -0.0429. The molecule has 0 bridgehead atoms. The number of rotatable bonds is 6. The van der Waals surface area contributed by atoms with Crippen LogP contribution in [0, 0.1) is 5.92 Å². The Balaban J connectivity index is 2.51. The van der Waals surface area contributed by atoms with E-state index in [-0.39, 0.29) is 18.5 Å². The number of aromatic nitrogens is 2. The normalized spacial score (nSPS) is 13.0. The van der Waals surface area contributed by atoms with Crippen molar-refractivity contribution in [3.8, 4) is 0 Å². The van der Waals surface area contributed by atoms with E-state index in [1.807, 2.05) is 14.1 Å². The summed E-state index contributed by atoms with van der Waals surface area (Å²) in [5, 5.41) is 7.01. The van der Waals surface area contributed by atoms with Crippen LogP contribution < -0.4 is 11.1 Å². The molecule has 0 aliphatic carbocycles. The van der Waals surface area contributed by atoms with Crippen molar-refractivity contribution in [1.82, 2.24) is 20.0 Å². The highest BCUT2D eigenvalue weighted by molar-refractivity contribution is 5.76. The molecule has 0 fully saturated rings. The average molecular weight is 253 g/mol. The number of carbonyl (C=O) groups excluding carboxylic acids is 1. The van der Waals surface area contributed by atoms with E-state index in [0.717, 1.165) is 6.54 Å². The molecular formula is C12H23N5O. The van der Waals surface area contributed by atoms with Gasteiger partial charge in [-0.2, -0.15) is 5.10 Å². The molecule has 102 valence electrons. The molecule has 1 atom stereocenters. The van der Waals surface area contributed by atoms with Crippen molar-refractivity contribution in [2.75, 3.05) is 26.4 Å². The van der Waals surface area contributed by atoms with Crippen molar-refractivity contribution in [3.63, 3.8) is 0 Å². The van der Waals surface area contributed by atoms with E-state index in [9.17, 15) is 4.79 Å². The molecule has 1 aromatic heterocycles. The quantitative estimate of drug-likeness (QED) is 0.757. The Bertz CT molecular complexity index is 386. The van der Waals surface area contributed by atoms with Crippen molar-refractivity contribution in [2.45, 2.75) is 26.4 Å². The molecule has 0 aliphatic rings. The van der Waals surface area contributed by atoms with Crippen LogP contribution in [0.1, 0.15) is 13.8 Å². The minimum Gasteiger partial charge on any atom is -0.382 e. The molecule has 18 heavy (non-hydrogen) atoms. The van der Waals surface area contributed by atoms with Crippen LogP contribution in [0.15, 0.2) is 12.3 Å². The number of nitrogens with zero attached hydrogens (tertiary/aromatic N) is 3. The van der Waals surface area contributed by atoms with Gasteiger partial charge >= 0.3 is 0 Å². The van der Waals surface area contributed by atoms with Gasteiger partial charge in [0.2, 0.25) is 5.91 Å². The van der Waals surface area contributed by atoms with Crippen LogP contribution in [0.25, 0.3) is 0 Å². The van der Waals surface area contributed by atoms with Gasteiger partial charge < -0.3 is 16.0 Å². The summed E-state index contributed by atoms with van der Waals surface area (Å²) in [6.45, 7) is 5.22. The van der Waals surface area contributed by atoms with Gasteiger partial charge in [0.1, 0.15) is 12.4 Å². The molecule has 0 spiro atoms. The summed E-state index contributed by atoms with van der Waals surface area (Å²) >= 11 is 0. The largest absolute Gasteiger partial charge is 0.382 e. The Hall–Kier alpha value is -1.56. The second-order valence-corrected chi connectivity index (χ2v) is 5.12. The topological polar surface area (TPSA) is 76.2 Å². The van der Waals surface area contributed by atoms with Gasteiger partial charge in [-0.15, -0.1) is 0 Å². The Kier molecular flexibility index (Phi) is 5.15. The summed E-state index contributed by atoms with van der Waals surface area (Å²) in [5.74, 6) is 0.772. The highest BCUT2D eigenvalue weighted by atomic mass is 16.2. The first kappa shape index (κ1) is 14.5. The van der Waals surface area contributed by atoms with E-state index in [4.69, 9.17) is 5.73 Å². The molecular weight excluding hydrogens is 230 g/mol. The lowest BCUT2D eigenvalue weighted by Crippen LogP contribution is -2.46. The molecule has 1 heterocycles. The zero-order chi connectivity index (χ0) is 13.7. The van der Waals surface area contributed by atoms with Gasteiger partial charge in [-0.05, 0) is 26.1 Å². The van der Waals surface area contributed by atoms with Crippen molar-refractivity contribution >= 4 is 11.7 Å². The summed E-state index contributed by atoms with van der Waals surface area (Å²) in [4.78, 5) is 14.0. The van der Waals surface area contributed by atoms with Gasteiger partial charge in [0, 0.05) is 18.8 Å². The second kappa shape index (κ2) is 6.39. The van der Waals surface area contributed by atoms with Gasteiger partial charge in [0.25, 0.3) is 0 Å². The molecule has 3 N–H and O–H groups in total. The summed E-state index contributed by atoms with van der Waals surface area (Å²) in [5.41, 5.74) is 5.50. The maximum Gasteiger partial charge on any atom is 0.242 e. The number of anilines is 1. The SMILES string of the molecule is CC(C)C(CN(C)C)NC(=O)Cn1ccc(N)n1. The van der Waals surface area contributed by atoms with E-state index in [1.54, 1.807) is 12.3 Å². The molecule has 1 unspecified atom stereocenters. The standard InChI is InChI=1S/C12H23N5O/c1-9(2)10(7-16(3)4)14-12(18)8-17-6-5-11(13)15-17/h5-6,9-10H,7-8H2,1-4H3,(H2,13,15)(H,14,18). The lowest BCUT2D eigenvalue weighted by molar-refractivity contribution is -0.123. The van der Waals surface area contributed by atoms with Crippen molar-refractivity contribution in [3.05, 3.63) is 12.3 Å². The minimum absolute atomic E-state index is 0.0429. The van der Waals surface area contributed by atoms with Crippen LogP contribution in [0.2, 0.25) is 0 Å². The number of nitrogens with one attached hydrogen (secondary N) is 1. The molecule has 1 rings (SSSR count). The Labute approximate surface area is 108 Å². The smallest absolute Gasteiger partial charge is 0.242 e. The van der Waals surface area contributed by atoms with Gasteiger partial charge in [0.15, 0.2) is 0 Å². The van der Waals surface area contributed by atoms with Gasteiger partial charge in [-0.1, -0.05) is 13.8 Å². The lowest BCUT2D eigenvalue weighted by atomic mass is 10.0. The zero-order valence-electron chi connectivity index (χ0n) is 11.6. The van der Waals surface area contributed by atoms with E-state index in [1.165, 1.54) is 4.68 Å². The number of hydrogen-bond donors (Lipinski definition) is 2. The molecule has 6 nitrogen and oxygen atoms in total. The number of nitrogen functional groups attached to an aromatic ring is 1. The van der Waals surface area contributed by atoms with Crippen LogP contribution in [0.3, 0.4) is 0 Å². The number of hydrogen-bond acceptors (Lipinski definition) is 4. The molecule has 0 aliphatic heterocycles. The molecule has 1 amide bonds. The summed E-state index contributed by atoms with van der Waals surface area (Å²) in [6, 6.07) is 1.81. The highest BCUT2D eigenvalue weighted by Gasteiger charge is 2.17. The number of amides is 1. The molecule has 1 aromatic rings. The average Bonchev–Trinajstić information content (AvgIpc) is 2.62. The first-order valence-corrected chi connectivity index (χ1v) is 6.11. The fourth-order valence-electron chi connectivity index (χ4n) is 1.68. The van der Waals surface area contributed by atoms with Crippen molar-refractivity contribution in [1.29, 1.82) is 0 Å². The highest BCUT2D eigenvalue weighted by Crippen LogP contribution is 2.03. The Morgan fingerprint density at radius 3 is 2.67 bits per heavy atom. The first-order valence-electron chi connectivity index (χ1n) is 6.11. The van der Waals surface area contributed by atoms with E-state index in [0.29, 0.717) is 11.7 Å². The van der Waals surface area contributed by atoms with Crippen molar-refractivity contribution in [2.24, 2.45) is 5.92 Å². The maximum atomic E-state index is 11.9. The second-order valence-electron chi connectivity index (χ2n) is 5.12. The van der Waals surface area contributed by atoms with Crippen LogP contribution in [0.4, 0.5) is 5.82 Å². The predicted molar refractivity (Wildman–Crippen MR) is 72.0 cm³/mol. The van der Waals surface area contributed by atoms with E-state index < -0.39 is 0 Å². The Morgan fingerprint density at radius 1 is 1.56 bits per heavy atom. The third-order valence-corrected chi connectivity index (χ3v) is 2.68. The molecule has 0 saturated heterocycles. The fourth-order valence-corrected chi connectivity index (χ4v) is 1.68. The summed E-state index contributed by atoms with van der Waals surface area (Å²) < 4.78 is 1.54. The number of likely N-dealkylation sites (N-methyl/N-ethyl adjacent to an activating group) is 1. The summed E-state index contributed by atoms with van der Waals surface area (Å²) in [7, 11) is 3.99. The molecule has 0 radical (unpaired) electrons. The number of carbonyl (C=O) groups is 1. The third kappa shape index (κ3) is 4.75. The predicted octanol–water partition coefficient (Wildman–Crippen LogP) is 0.168. The van der Waals surface area contributed by atoms with Gasteiger partial charge in [0.05, 0.1) is 0 Å². The lowest BCUT2D eigenvalue weighted by Gasteiger charge is -2.25. The van der Waals surface area contributed by atoms with Crippen LogP contribution in [-0.2, 0) is 11.3 Å². The van der Waals surface area contributed by atoms with Gasteiger partial charge in [-0.3, -0.25) is 9.48 Å². The maximum absolute atomic E-state index is 11.9. The molecule has 0 aromatic carbocycles. The fraction of sp³-hybridized carbons (Fsp3) is 0.667. The zero-order valence-corrected chi connectivity index (χ0v) is 11.6. The van der Waals surface area contributed by atoms with Crippen molar-refractivity contribution < 1.29 is 4.79 Å². The van der Waals surface area contributed by atoms with Gasteiger partial charge in [-0.25, -0.2) is 0 Å². The number of nitrogens with two attached hydrogens (primary N) is 1. The Morgan fingerprint density at radius 2 is 2.22 bits per heavy atom. The van der Waals surface area contributed by atoms with Crippen LogP contribution >= 0.6 is 0 Å². The molecule has 0 saturated carbocycles. The first-order chi connectivity index (χ1) is 8.38.